The molecule has 2 unspecified atom stereocenters. The molecule has 0 bridgehead atoms. The van der Waals surface area contributed by atoms with Gasteiger partial charge in [0, 0.05) is 18.8 Å². The highest BCUT2D eigenvalue weighted by Gasteiger charge is 2.33. The van der Waals surface area contributed by atoms with Crippen molar-refractivity contribution >= 4 is 17.2 Å². The summed E-state index contributed by atoms with van der Waals surface area (Å²) in [6.07, 6.45) is 6.40. The molecule has 1 saturated heterocycles. The summed E-state index contributed by atoms with van der Waals surface area (Å²) in [6, 6.07) is 2.62. The van der Waals surface area contributed by atoms with Crippen molar-refractivity contribution in [1.29, 1.82) is 0 Å². The second-order valence-corrected chi connectivity index (χ2v) is 5.02. The van der Waals surface area contributed by atoms with Crippen molar-refractivity contribution in [2.75, 3.05) is 13.7 Å². The number of rotatable bonds is 2. The van der Waals surface area contributed by atoms with Crippen molar-refractivity contribution in [3.63, 3.8) is 0 Å². The third-order valence-electron chi connectivity index (χ3n) is 3.72. The van der Waals surface area contributed by atoms with Gasteiger partial charge in [-0.3, -0.25) is 0 Å². The zero-order valence-corrected chi connectivity index (χ0v) is 10.5. The normalized spacial score (nSPS) is 26.8. The number of nitrogens with zero attached hydrogens (tertiary/aromatic N) is 1. The first-order valence-corrected chi connectivity index (χ1v) is 6.28. The van der Waals surface area contributed by atoms with Crippen LogP contribution in [0.3, 0.4) is 0 Å². The average molecular weight is 251 g/mol. The van der Waals surface area contributed by atoms with E-state index in [0.29, 0.717) is 16.9 Å². The molecule has 4 heteroatoms. The van der Waals surface area contributed by atoms with E-state index in [1.165, 1.54) is 5.57 Å². The minimum atomic E-state index is 0.423. The molecule has 0 aromatic carbocycles. The van der Waals surface area contributed by atoms with Crippen molar-refractivity contribution in [3.05, 3.63) is 29.1 Å². The Hall–Kier alpha value is -1.06. The fourth-order valence-electron chi connectivity index (χ4n) is 2.53. The van der Waals surface area contributed by atoms with Crippen LogP contribution in [0.25, 0.3) is 5.57 Å². The molecule has 2 heterocycles. The Morgan fingerprint density at radius 3 is 3.06 bits per heavy atom. The van der Waals surface area contributed by atoms with Gasteiger partial charge in [0.25, 0.3) is 0 Å². The summed E-state index contributed by atoms with van der Waals surface area (Å²) in [6.45, 7) is 1.16. The Labute approximate surface area is 106 Å². The van der Waals surface area contributed by atoms with Crippen LogP contribution in [-0.4, -0.2) is 24.7 Å². The fraction of sp³-hybridized carbons (Fsp3) is 0.462. The lowest BCUT2D eigenvalue weighted by molar-refractivity contribution is 0.230. The summed E-state index contributed by atoms with van der Waals surface area (Å²) >= 11 is 5.93. The molecule has 2 atom stereocenters. The number of nitrogens with one attached hydrogen (secondary N) is 1. The molecule has 3 rings (SSSR count). The molecule has 0 amide bonds. The van der Waals surface area contributed by atoms with Crippen LogP contribution in [-0.2, 0) is 0 Å². The predicted octanol–water partition coefficient (Wildman–Crippen LogP) is 2.51. The zero-order chi connectivity index (χ0) is 11.8. The fourth-order valence-corrected chi connectivity index (χ4v) is 2.71. The summed E-state index contributed by atoms with van der Waals surface area (Å²) in [4.78, 5) is 4.17. The number of allylic oxidation sites excluding steroid dienone is 1. The van der Waals surface area contributed by atoms with Gasteiger partial charge in [-0.25, -0.2) is 4.98 Å². The molecule has 17 heavy (non-hydrogen) atoms. The Balaban J connectivity index is 1.88. The number of methoxy groups -OCH3 is 1. The SMILES string of the molecule is COc1cc(C2=CCC3CNC3C2)cnc1Cl. The van der Waals surface area contributed by atoms with Crippen LogP contribution in [0, 0.1) is 5.92 Å². The van der Waals surface area contributed by atoms with Gasteiger partial charge in [0.05, 0.1) is 7.11 Å². The molecule has 0 saturated carbocycles. The van der Waals surface area contributed by atoms with Crippen molar-refractivity contribution < 1.29 is 4.74 Å². The molecule has 1 N–H and O–H groups in total. The van der Waals surface area contributed by atoms with E-state index in [0.717, 1.165) is 30.9 Å². The average Bonchev–Trinajstić information content (AvgIpc) is 2.32. The maximum Gasteiger partial charge on any atom is 0.171 e. The molecule has 1 fully saturated rings. The maximum absolute atomic E-state index is 5.93. The van der Waals surface area contributed by atoms with Gasteiger partial charge in [-0.2, -0.15) is 0 Å². The van der Waals surface area contributed by atoms with Gasteiger partial charge in [0.15, 0.2) is 10.9 Å². The van der Waals surface area contributed by atoms with Gasteiger partial charge >= 0.3 is 0 Å². The van der Waals surface area contributed by atoms with E-state index < -0.39 is 0 Å². The van der Waals surface area contributed by atoms with Gasteiger partial charge in [-0.15, -0.1) is 0 Å². The van der Waals surface area contributed by atoms with Crippen LogP contribution in [0.2, 0.25) is 5.15 Å². The van der Waals surface area contributed by atoms with E-state index in [1.807, 2.05) is 12.3 Å². The Morgan fingerprint density at radius 2 is 2.41 bits per heavy atom. The summed E-state index contributed by atoms with van der Waals surface area (Å²) in [5, 5.41) is 3.89. The van der Waals surface area contributed by atoms with Crippen LogP contribution in [0.1, 0.15) is 18.4 Å². The van der Waals surface area contributed by atoms with Gasteiger partial charge in [0.2, 0.25) is 0 Å². The Morgan fingerprint density at radius 1 is 1.53 bits per heavy atom. The molecule has 1 aliphatic heterocycles. The first-order valence-electron chi connectivity index (χ1n) is 5.90. The van der Waals surface area contributed by atoms with Crippen LogP contribution in [0.15, 0.2) is 18.3 Å². The molecular formula is C13H15ClN2O. The molecule has 2 aliphatic rings. The quantitative estimate of drug-likeness (QED) is 0.819. The van der Waals surface area contributed by atoms with E-state index in [2.05, 4.69) is 16.4 Å². The first kappa shape index (κ1) is 11.1. The lowest BCUT2D eigenvalue weighted by atomic mass is 9.78. The molecule has 3 nitrogen and oxygen atoms in total. The van der Waals surface area contributed by atoms with Crippen molar-refractivity contribution in [3.8, 4) is 5.75 Å². The minimum absolute atomic E-state index is 0.423. The van der Waals surface area contributed by atoms with Gasteiger partial charge in [0.1, 0.15) is 0 Å². The standard InChI is InChI=1S/C13H15ClN2O/c1-17-12-5-10(7-16-13(12)14)8-2-3-9-6-15-11(9)4-8/h2,5,7,9,11,15H,3-4,6H2,1H3. The number of hydrogen-bond acceptors (Lipinski definition) is 3. The lowest BCUT2D eigenvalue weighted by Crippen LogP contribution is -2.53. The monoisotopic (exact) mass is 250 g/mol. The summed E-state index contributed by atoms with van der Waals surface area (Å²) in [7, 11) is 1.62. The maximum atomic E-state index is 5.93. The third-order valence-corrected chi connectivity index (χ3v) is 4.00. The van der Waals surface area contributed by atoms with E-state index in [9.17, 15) is 0 Å². The first-order chi connectivity index (χ1) is 8.28. The number of hydrogen-bond donors (Lipinski definition) is 1. The predicted molar refractivity (Wildman–Crippen MR) is 68.3 cm³/mol. The largest absolute Gasteiger partial charge is 0.494 e. The second kappa shape index (κ2) is 4.31. The summed E-state index contributed by atoms with van der Waals surface area (Å²) < 4.78 is 5.20. The summed E-state index contributed by atoms with van der Waals surface area (Å²) in [5.74, 6) is 1.48. The van der Waals surface area contributed by atoms with Crippen LogP contribution < -0.4 is 10.1 Å². The zero-order valence-electron chi connectivity index (χ0n) is 9.74. The van der Waals surface area contributed by atoms with Crippen molar-refractivity contribution in [2.24, 2.45) is 5.92 Å². The summed E-state index contributed by atoms with van der Waals surface area (Å²) in [5.41, 5.74) is 2.47. The van der Waals surface area contributed by atoms with Crippen molar-refractivity contribution in [2.45, 2.75) is 18.9 Å². The van der Waals surface area contributed by atoms with Crippen LogP contribution >= 0.6 is 11.6 Å². The molecule has 90 valence electrons. The number of ether oxygens (including phenoxy) is 1. The van der Waals surface area contributed by atoms with Crippen LogP contribution in [0.5, 0.6) is 5.75 Å². The Bertz CT molecular complexity index is 472. The molecule has 1 aromatic heterocycles. The van der Waals surface area contributed by atoms with E-state index in [4.69, 9.17) is 16.3 Å². The van der Waals surface area contributed by atoms with E-state index in [1.54, 1.807) is 7.11 Å². The minimum Gasteiger partial charge on any atom is -0.494 e. The topological polar surface area (TPSA) is 34.1 Å². The van der Waals surface area contributed by atoms with Gasteiger partial charge in [-0.05, 0) is 36.0 Å². The second-order valence-electron chi connectivity index (χ2n) is 4.66. The van der Waals surface area contributed by atoms with E-state index >= 15 is 0 Å². The highest BCUT2D eigenvalue weighted by molar-refractivity contribution is 6.30. The molecule has 0 radical (unpaired) electrons. The Kier molecular flexibility index (Phi) is 2.81. The highest BCUT2D eigenvalue weighted by Crippen LogP contribution is 2.35. The number of aromatic nitrogens is 1. The number of halogens is 1. The smallest absolute Gasteiger partial charge is 0.171 e. The third kappa shape index (κ3) is 1.94. The molecule has 1 aromatic rings. The van der Waals surface area contributed by atoms with Crippen LogP contribution in [0.4, 0.5) is 0 Å². The van der Waals surface area contributed by atoms with E-state index in [-0.39, 0.29) is 0 Å². The molecule has 0 spiro atoms. The highest BCUT2D eigenvalue weighted by atomic mass is 35.5. The molecule has 1 aliphatic carbocycles. The molecular weight excluding hydrogens is 236 g/mol. The van der Waals surface area contributed by atoms with Crippen molar-refractivity contribution in [1.82, 2.24) is 10.3 Å². The lowest BCUT2D eigenvalue weighted by Gasteiger charge is -2.41. The van der Waals surface area contributed by atoms with Gasteiger partial charge in [-0.1, -0.05) is 17.7 Å². The van der Waals surface area contributed by atoms with Gasteiger partial charge < -0.3 is 10.1 Å². The number of fused-ring (bicyclic) bond motifs is 1. The number of pyridine rings is 1.